The van der Waals surface area contributed by atoms with Gasteiger partial charge in [0.05, 0.1) is 11.4 Å². The van der Waals surface area contributed by atoms with Gasteiger partial charge in [0.2, 0.25) is 0 Å². The van der Waals surface area contributed by atoms with Crippen molar-refractivity contribution in [1.82, 2.24) is 9.97 Å². The van der Waals surface area contributed by atoms with Gasteiger partial charge in [0.1, 0.15) is 22.3 Å². The minimum Gasteiger partial charge on any atom is -0.456 e. The Morgan fingerprint density at radius 1 is 0.304 bits per heavy atom. The summed E-state index contributed by atoms with van der Waals surface area (Å²) in [5.74, 6) is 0.638. The van der Waals surface area contributed by atoms with Crippen LogP contribution in [-0.4, -0.2) is 9.97 Å². The van der Waals surface area contributed by atoms with Crippen LogP contribution in [0.25, 0.3) is 111 Å². The Labute approximate surface area is 323 Å². The van der Waals surface area contributed by atoms with E-state index in [2.05, 4.69) is 133 Å². The van der Waals surface area contributed by atoms with Crippen LogP contribution in [0.15, 0.2) is 203 Å². The number of benzene rings is 8. The number of hydrogen-bond acceptors (Lipinski definition) is 4. The molecule has 0 spiro atoms. The molecule has 4 nitrogen and oxygen atoms in total. The van der Waals surface area contributed by atoms with Crippen LogP contribution < -0.4 is 0 Å². The van der Waals surface area contributed by atoms with Crippen LogP contribution in [0, 0.1) is 0 Å². The molecule has 0 aliphatic rings. The van der Waals surface area contributed by atoms with Gasteiger partial charge >= 0.3 is 0 Å². The molecule has 11 rings (SSSR count). The smallest absolute Gasteiger partial charge is 0.160 e. The summed E-state index contributed by atoms with van der Waals surface area (Å²) in [6, 6.07) is 67.2. The number of fused-ring (bicyclic) bond motifs is 6. The second kappa shape index (κ2) is 13.1. The van der Waals surface area contributed by atoms with Crippen molar-refractivity contribution >= 4 is 43.9 Å². The van der Waals surface area contributed by atoms with E-state index in [1.807, 2.05) is 60.7 Å². The molecule has 11 aromatic rings. The van der Waals surface area contributed by atoms with Crippen molar-refractivity contribution in [3.05, 3.63) is 194 Å². The summed E-state index contributed by atoms with van der Waals surface area (Å²) in [6.45, 7) is 0. The first-order chi connectivity index (χ1) is 27.7. The van der Waals surface area contributed by atoms with Crippen molar-refractivity contribution in [2.75, 3.05) is 0 Å². The Balaban J connectivity index is 1.17. The quantitative estimate of drug-likeness (QED) is 0.172. The van der Waals surface area contributed by atoms with Gasteiger partial charge in [-0.05, 0) is 81.9 Å². The highest BCUT2D eigenvalue weighted by Crippen LogP contribution is 2.45. The normalized spacial score (nSPS) is 11.6. The van der Waals surface area contributed by atoms with Crippen molar-refractivity contribution in [3.8, 4) is 67.3 Å². The Kier molecular flexibility index (Phi) is 7.46. The minimum absolute atomic E-state index is 0.638. The molecule has 0 radical (unpaired) electrons. The molecular weight excluding hydrogens is 685 g/mol. The molecule has 4 heteroatoms. The lowest BCUT2D eigenvalue weighted by molar-refractivity contribution is 0.668. The van der Waals surface area contributed by atoms with E-state index in [0.717, 1.165) is 105 Å². The van der Waals surface area contributed by atoms with Gasteiger partial charge in [0, 0.05) is 38.2 Å². The monoisotopic (exact) mass is 716 g/mol. The zero-order chi connectivity index (χ0) is 37.0. The molecule has 8 aromatic carbocycles. The summed E-state index contributed by atoms with van der Waals surface area (Å²) in [5.41, 5.74) is 14.4. The maximum absolute atomic E-state index is 6.84. The van der Waals surface area contributed by atoms with Gasteiger partial charge in [-0.25, -0.2) is 9.97 Å². The summed E-state index contributed by atoms with van der Waals surface area (Å²) in [5, 5.41) is 4.26. The fourth-order valence-corrected chi connectivity index (χ4v) is 8.08. The molecule has 3 aromatic heterocycles. The molecule has 0 saturated heterocycles. The SMILES string of the molecule is c1ccc(-c2cc(-c3ccccc3)cc(-c3nc(-c4ccccc4)cc(-c4ccc(-c5cccc6oc7ccccc7c56)c5c4oc4ccccc45)n3)c2)cc1. The van der Waals surface area contributed by atoms with Gasteiger partial charge in [-0.15, -0.1) is 0 Å². The van der Waals surface area contributed by atoms with Gasteiger partial charge in [-0.2, -0.15) is 0 Å². The standard InChI is InChI=1S/C52H32N2O2/c1-4-15-33(16-5-1)36-29-37(34-17-6-2-7-18-34)31-38(30-36)52-53-44(35-19-8-3-9-20-35)32-45(54-52)41-28-27-40(50-43-22-11-13-25-47(43)56-51(41)50)39-23-14-26-48-49(39)42-21-10-12-24-46(42)55-48/h1-32H. The lowest BCUT2D eigenvalue weighted by atomic mass is 9.93. The van der Waals surface area contributed by atoms with Gasteiger partial charge in [-0.3, -0.25) is 0 Å². The Morgan fingerprint density at radius 2 is 0.804 bits per heavy atom. The zero-order valence-corrected chi connectivity index (χ0v) is 30.2. The van der Waals surface area contributed by atoms with Gasteiger partial charge < -0.3 is 8.83 Å². The van der Waals surface area contributed by atoms with E-state index < -0.39 is 0 Å². The summed E-state index contributed by atoms with van der Waals surface area (Å²) in [6.07, 6.45) is 0. The van der Waals surface area contributed by atoms with Crippen LogP contribution in [0.4, 0.5) is 0 Å². The molecule has 0 amide bonds. The van der Waals surface area contributed by atoms with E-state index in [-0.39, 0.29) is 0 Å². The molecule has 0 N–H and O–H groups in total. The highest BCUT2D eigenvalue weighted by atomic mass is 16.3. The highest BCUT2D eigenvalue weighted by molar-refractivity contribution is 6.21. The fourth-order valence-electron chi connectivity index (χ4n) is 8.08. The molecule has 3 heterocycles. The number of rotatable bonds is 6. The Bertz CT molecular complexity index is 3180. The van der Waals surface area contributed by atoms with E-state index in [1.54, 1.807) is 0 Å². The van der Waals surface area contributed by atoms with E-state index in [1.165, 1.54) is 0 Å². The first-order valence-corrected chi connectivity index (χ1v) is 18.8. The zero-order valence-electron chi connectivity index (χ0n) is 30.2. The van der Waals surface area contributed by atoms with Crippen LogP contribution in [-0.2, 0) is 0 Å². The molecule has 0 unspecified atom stereocenters. The number of hydrogen-bond donors (Lipinski definition) is 0. The van der Waals surface area contributed by atoms with Gasteiger partial charge in [0.25, 0.3) is 0 Å². The Morgan fingerprint density at radius 3 is 1.48 bits per heavy atom. The molecule has 0 atom stereocenters. The van der Waals surface area contributed by atoms with Crippen molar-refractivity contribution in [2.24, 2.45) is 0 Å². The van der Waals surface area contributed by atoms with Crippen molar-refractivity contribution < 1.29 is 8.83 Å². The van der Waals surface area contributed by atoms with E-state index in [9.17, 15) is 0 Å². The number of furan rings is 2. The van der Waals surface area contributed by atoms with Gasteiger partial charge in [0.15, 0.2) is 5.82 Å². The third kappa shape index (κ3) is 5.39. The number of nitrogens with zero attached hydrogens (tertiary/aromatic N) is 2. The second-order valence-corrected chi connectivity index (χ2v) is 14.1. The van der Waals surface area contributed by atoms with Crippen LogP contribution in [0.5, 0.6) is 0 Å². The molecule has 0 fully saturated rings. The lowest BCUT2D eigenvalue weighted by Gasteiger charge is -2.14. The van der Waals surface area contributed by atoms with Crippen LogP contribution in [0.1, 0.15) is 0 Å². The van der Waals surface area contributed by atoms with E-state index in [4.69, 9.17) is 18.8 Å². The van der Waals surface area contributed by atoms with Crippen LogP contribution in [0.3, 0.4) is 0 Å². The number of para-hydroxylation sites is 2. The maximum atomic E-state index is 6.84. The van der Waals surface area contributed by atoms with Crippen LogP contribution >= 0.6 is 0 Å². The fraction of sp³-hybridized carbons (Fsp3) is 0. The lowest BCUT2D eigenvalue weighted by Crippen LogP contribution is -1.97. The van der Waals surface area contributed by atoms with Crippen LogP contribution in [0.2, 0.25) is 0 Å². The van der Waals surface area contributed by atoms with Crippen molar-refractivity contribution in [3.63, 3.8) is 0 Å². The third-order valence-corrected chi connectivity index (χ3v) is 10.7. The molecule has 0 bridgehead atoms. The molecule has 0 aliphatic carbocycles. The summed E-state index contributed by atoms with van der Waals surface area (Å²) >= 11 is 0. The van der Waals surface area contributed by atoms with Crippen molar-refractivity contribution in [1.29, 1.82) is 0 Å². The minimum atomic E-state index is 0.638. The molecule has 0 saturated carbocycles. The number of aromatic nitrogens is 2. The topological polar surface area (TPSA) is 52.1 Å². The molecular formula is C52H32N2O2. The molecule has 262 valence electrons. The van der Waals surface area contributed by atoms with Crippen molar-refractivity contribution in [2.45, 2.75) is 0 Å². The van der Waals surface area contributed by atoms with E-state index in [0.29, 0.717) is 5.82 Å². The van der Waals surface area contributed by atoms with E-state index >= 15 is 0 Å². The summed E-state index contributed by atoms with van der Waals surface area (Å²) in [4.78, 5) is 10.7. The average Bonchev–Trinajstić information content (AvgIpc) is 3.86. The summed E-state index contributed by atoms with van der Waals surface area (Å²) in [7, 11) is 0. The predicted molar refractivity (Wildman–Crippen MR) is 229 cm³/mol. The molecule has 0 aliphatic heterocycles. The maximum Gasteiger partial charge on any atom is 0.160 e. The largest absolute Gasteiger partial charge is 0.456 e. The average molecular weight is 717 g/mol. The first kappa shape index (κ1) is 31.9. The Hall–Kier alpha value is -7.56. The predicted octanol–water partition coefficient (Wildman–Crippen LogP) is 14.3. The second-order valence-electron chi connectivity index (χ2n) is 14.1. The van der Waals surface area contributed by atoms with Gasteiger partial charge in [-0.1, -0.05) is 146 Å². The molecule has 56 heavy (non-hydrogen) atoms. The summed E-state index contributed by atoms with van der Waals surface area (Å²) < 4.78 is 13.2. The first-order valence-electron chi connectivity index (χ1n) is 18.8. The highest BCUT2D eigenvalue weighted by Gasteiger charge is 2.22. The third-order valence-electron chi connectivity index (χ3n) is 10.7.